The van der Waals surface area contributed by atoms with Gasteiger partial charge in [-0.15, -0.1) is 0 Å². The van der Waals surface area contributed by atoms with Crippen LogP contribution in [0.3, 0.4) is 0 Å². The number of imidazole rings is 1. The summed E-state index contributed by atoms with van der Waals surface area (Å²) in [4.78, 5) is 26.5. The van der Waals surface area contributed by atoms with E-state index in [2.05, 4.69) is 21.1 Å². The molecule has 0 N–H and O–H groups in total. The Morgan fingerprint density at radius 1 is 1.09 bits per heavy atom. The molecule has 0 saturated carbocycles. The van der Waals surface area contributed by atoms with Gasteiger partial charge >= 0.3 is 6.18 Å². The molecule has 9 nitrogen and oxygen atoms in total. The van der Waals surface area contributed by atoms with Gasteiger partial charge in [0.15, 0.2) is 5.69 Å². The number of aryl methyl sites for hydroxylation is 2. The number of alkyl halides is 4. The summed E-state index contributed by atoms with van der Waals surface area (Å²) in [6.45, 7) is 2.65. The van der Waals surface area contributed by atoms with Gasteiger partial charge in [-0.1, -0.05) is 0 Å². The Hall–Kier alpha value is -5.25. The number of carbonyl (C=O) groups is 1. The van der Waals surface area contributed by atoms with Crippen LogP contribution in [0.4, 0.5) is 28.9 Å². The number of pyridine rings is 1. The molecule has 1 amide bonds. The zero-order chi connectivity index (χ0) is 31.6. The van der Waals surface area contributed by atoms with Crippen molar-refractivity contribution in [3.05, 3.63) is 88.9 Å². The van der Waals surface area contributed by atoms with Crippen LogP contribution in [0.2, 0.25) is 0 Å². The van der Waals surface area contributed by atoms with Gasteiger partial charge in [0.2, 0.25) is 0 Å². The van der Waals surface area contributed by atoms with E-state index in [0.29, 0.717) is 50.2 Å². The van der Waals surface area contributed by atoms with Gasteiger partial charge in [-0.05, 0) is 60.4 Å². The van der Waals surface area contributed by atoms with Gasteiger partial charge in [0, 0.05) is 66.6 Å². The van der Waals surface area contributed by atoms with Gasteiger partial charge in [0.1, 0.15) is 12.2 Å². The minimum Gasteiger partial charge on any atom is -0.365 e. The Labute approximate surface area is 254 Å². The SMILES string of the molecule is Cc1cc(N2CCc3c(cc(Cn4ccnc4)cc3-c3cn(C)nc3C(F)(F)F)C2=O)c2cc(N3CC(F)C3)cc(C#N)c2n1. The molecule has 0 spiro atoms. The van der Waals surface area contributed by atoms with Crippen LogP contribution in [0.5, 0.6) is 0 Å². The number of hydrogen-bond donors (Lipinski definition) is 0. The quantitative estimate of drug-likeness (QED) is 0.245. The van der Waals surface area contributed by atoms with E-state index in [9.17, 15) is 27.6 Å². The maximum absolute atomic E-state index is 14.4. The molecule has 3 aromatic heterocycles. The van der Waals surface area contributed by atoms with Gasteiger partial charge in [-0.25, -0.2) is 9.37 Å². The van der Waals surface area contributed by atoms with E-state index in [-0.39, 0.29) is 49.6 Å². The third-order valence-electron chi connectivity index (χ3n) is 8.30. The smallest absolute Gasteiger partial charge is 0.365 e. The maximum Gasteiger partial charge on any atom is 0.435 e. The van der Waals surface area contributed by atoms with Gasteiger partial charge in [0.25, 0.3) is 5.91 Å². The van der Waals surface area contributed by atoms with E-state index >= 15 is 0 Å². The molecule has 5 heterocycles. The number of carbonyl (C=O) groups excluding carboxylic acids is 1. The first kappa shape index (κ1) is 28.5. The highest BCUT2D eigenvalue weighted by molar-refractivity contribution is 6.13. The number of benzene rings is 2. The Morgan fingerprint density at radius 3 is 2.56 bits per heavy atom. The Morgan fingerprint density at radius 2 is 1.87 bits per heavy atom. The van der Waals surface area contributed by atoms with Crippen molar-refractivity contribution in [2.24, 2.45) is 7.05 Å². The van der Waals surface area contributed by atoms with Crippen molar-refractivity contribution in [3.8, 4) is 17.2 Å². The van der Waals surface area contributed by atoms with E-state index in [1.807, 2.05) is 11.0 Å². The van der Waals surface area contributed by atoms with Gasteiger partial charge < -0.3 is 14.4 Å². The summed E-state index contributed by atoms with van der Waals surface area (Å²) < 4.78 is 59.0. The average molecular weight is 615 g/mol. The highest BCUT2D eigenvalue weighted by Crippen LogP contribution is 2.42. The zero-order valence-corrected chi connectivity index (χ0v) is 24.3. The number of nitrogens with zero attached hydrogens (tertiary/aromatic N) is 8. The maximum atomic E-state index is 14.4. The van der Waals surface area contributed by atoms with Crippen LogP contribution in [-0.4, -0.2) is 56.0 Å². The van der Waals surface area contributed by atoms with Crippen molar-refractivity contribution in [2.75, 3.05) is 29.4 Å². The second-order valence-corrected chi connectivity index (χ2v) is 11.5. The molecule has 0 atom stereocenters. The van der Waals surface area contributed by atoms with Gasteiger partial charge in [-0.3, -0.25) is 14.5 Å². The Balaban J connectivity index is 1.39. The summed E-state index contributed by atoms with van der Waals surface area (Å²) in [5.41, 5.74) is 3.12. The van der Waals surface area contributed by atoms with Crippen LogP contribution in [0, 0.1) is 18.3 Å². The normalized spacial score (nSPS) is 15.4. The number of fused-ring (bicyclic) bond motifs is 2. The topological polar surface area (TPSA) is 95.9 Å². The van der Waals surface area contributed by atoms with Crippen molar-refractivity contribution < 1.29 is 22.4 Å². The summed E-state index contributed by atoms with van der Waals surface area (Å²) in [6, 6.07) is 10.9. The van der Waals surface area contributed by atoms with E-state index < -0.39 is 18.0 Å². The Kier molecular flexibility index (Phi) is 6.61. The predicted molar refractivity (Wildman–Crippen MR) is 159 cm³/mol. The molecular formula is C32H26F4N8O. The van der Waals surface area contributed by atoms with Crippen LogP contribution >= 0.6 is 0 Å². The first-order valence-electron chi connectivity index (χ1n) is 14.3. The van der Waals surface area contributed by atoms with Crippen LogP contribution in [0.1, 0.15) is 38.4 Å². The zero-order valence-electron chi connectivity index (χ0n) is 24.3. The number of rotatable bonds is 5. The second kappa shape index (κ2) is 10.4. The molecule has 2 aliphatic rings. The third kappa shape index (κ3) is 4.96. The number of amides is 1. The van der Waals surface area contributed by atoms with Crippen molar-refractivity contribution in [3.63, 3.8) is 0 Å². The number of nitriles is 1. The summed E-state index contributed by atoms with van der Waals surface area (Å²) in [5, 5.41) is 14.2. The minimum atomic E-state index is -4.70. The predicted octanol–water partition coefficient (Wildman–Crippen LogP) is 5.44. The highest BCUT2D eigenvalue weighted by Gasteiger charge is 2.39. The monoisotopic (exact) mass is 614 g/mol. The molecule has 0 bridgehead atoms. The molecule has 0 aliphatic carbocycles. The summed E-state index contributed by atoms with van der Waals surface area (Å²) in [7, 11) is 1.43. The van der Waals surface area contributed by atoms with E-state index in [0.717, 1.165) is 4.68 Å². The van der Waals surface area contributed by atoms with Crippen molar-refractivity contribution in [1.82, 2.24) is 24.3 Å². The summed E-state index contributed by atoms with van der Waals surface area (Å²) in [5.74, 6) is -0.383. The van der Waals surface area contributed by atoms with Gasteiger partial charge in [-0.2, -0.15) is 23.5 Å². The minimum absolute atomic E-state index is 0.0933. The summed E-state index contributed by atoms with van der Waals surface area (Å²) >= 11 is 0. The van der Waals surface area contributed by atoms with Crippen LogP contribution in [0.25, 0.3) is 22.0 Å². The number of hydrogen-bond acceptors (Lipinski definition) is 6. The molecule has 2 aliphatic heterocycles. The van der Waals surface area contributed by atoms with Crippen LogP contribution in [0.15, 0.2) is 55.2 Å². The molecule has 228 valence electrons. The molecule has 5 aromatic rings. The van der Waals surface area contributed by atoms with E-state index in [1.54, 1.807) is 59.4 Å². The first-order chi connectivity index (χ1) is 21.5. The molecule has 0 unspecified atom stereocenters. The fourth-order valence-electron chi connectivity index (χ4n) is 6.26. The lowest BCUT2D eigenvalue weighted by Gasteiger charge is -2.37. The van der Waals surface area contributed by atoms with Gasteiger partial charge in [0.05, 0.1) is 36.2 Å². The van der Waals surface area contributed by atoms with E-state index in [1.165, 1.54) is 13.2 Å². The lowest BCUT2D eigenvalue weighted by Crippen LogP contribution is -2.48. The van der Waals surface area contributed by atoms with Crippen LogP contribution < -0.4 is 9.80 Å². The fourth-order valence-corrected chi connectivity index (χ4v) is 6.26. The molecule has 1 fully saturated rings. The average Bonchev–Trinajstić information content (AvgIpc) is 3.64. The Bertz CT molecular complexity index is 2020. The second-order valence-electron chi connectivity index (χ2n) is 11.5. The molecular weight excluding hydrogens is 588 g/mol. The highest BCUT2D eigenvalue weighted by atomic mass is 19.4. The van der Waals surface area contributed by atoms with E-state index in [4.69, 9.17) is 0 Å². The van der Waals surface area contributed by atoms with Crippen molar-refractivity contribution >= 4 is 28.2 Å². The molecule has 13 heteroatoms. The first-order valence-corrected chi connectivity index (χ1v) is 14.3. The lowest BCUT2D eigenvalue weighted by atomic mass is 9.87. The summed E-state index contributed by atoms with van der Waals surface area (Å²) in [6.07, 6.45) is 0.886. The van der Waals surface area contributed by atoms with Crippen molar-refractivity contribution in [2.45, 2.75) is 32.2 Å². The molecule has 45 heavy (non-hydrogen) atoms. The number of aromatic nitrogens is 5. The molecule has 2 aromatic carbocycles. The fraction of sp³-hybridized carbons (Fsp3) is 0.281. The lowest BCUT2D eigenvalue weighted by molar-refractivity contribution is -0.140. The standard InChI is InChI=1S/C32H26F4N8O/c1-18-7-28(26-11-22(43-14-21(33)15-43)10-20(12-37)29(26)39-18)44-5-3-23-24(27-16-41(2)40-30(27)32(34,35)36)8-19(9-25(23)31(44)45)13-42-6-4-38-17-42/h4,6-11,16-17,21H,3,5,13-15H2,1-2H3. The molecule has 1 saturated heterocycles. The molecule has 7 rings (SSSR count). The molecule has 0 radical (unpaired) electrons. The number of halogens is 4. The van der Waals surface area contributed by atoms with Crippen LogP contribution in [-0.2, 0) is 26.2 Å². The number of anilines is 2. The third-order valence-corrected chi connectivity index (χ3v) is 8.30. The van der Waals surface area contributed by atoms with Crippen molar-refractivity contribution in [1.29, 1.82) is 5.26 Å². The largest absolute Gasteiger partial charge is 0.435 e.